The summed E-state index contributed by atoms with van der Waals surface area (Å²) in [5.74, 6) is 0.972. The number of hydrogen-bond donors (Lipinski definition) is 0. The molecule has 0 N–H and O–H groups in total. The molecule has 180 valence electrons. The average Bonchev–Trinajstić information content (AvgIpc) is 2.88. The fourth-order valence-corrected chi connectivity index (χ4v) is 3.82. The first kappa shape index (κ1) is 25.5. The molecule has 0 saturated carbocycles. The Morgan fingerprint density at radius 2 is 1.44 bits per heavy atom. The molecule has 0 aliphatic carbocycles. The standard InChI is InChI=1S/C30H36O4/c1-4-5-6-7-8-11-22-33-26-18-16-25(17-19-26)28-12-9-10-13-29(28)30(31)34-27-20-14-24(15-21-27)23(2)32-3/h9-10,12-21,23H,4-8,11,22H2,1-3H3. The quantitative estimate of drug-likeness (QED) is 0.147. The minimum absolute atomic E-state index is 0.0109. The normalized spacial score (nSPS) is 11.7. The number of unbranched alkanes of at least 4 members (excludes halogenated alkanes) is 5. The molecule has 0 aromatic heterocycles. The maximum atomic E-state index is 12.9. The van der Waals surface area contributed by atoms with Crippen LogP contribution in [0.15, 0.2) is 72.8 Å². The van der Waals surface area contributed by atoms with Gasteiger partial charge in [0.2, 0.25) is 0 Å². The lowest BCUT2D eigenvalue weighted by molar-refractivity contribution is 0.0735. The van der Waals surface area contributed by atoms with E-state index in [2.05, 4.69) is 6.92 Å². The first-order valence-electron chi connectivity index (χ1n) is 12.3. The van der Waals surface area contributed by atoms with Crippen molar-refractivity contribution >= 4 is 5.97 Å². The van der Waals surface area contributed by atoms with E-state index in [1.165, 1.54) is 32.1 Å². The topological polar surface area (TPSA) is 44.8 Å². The van der Waals surface area contributed by atoms with Gasteiger partial charge in [-0.25, -0.2) is 4.79 Å². The van der Waals surface area contributed by atoms with Crippen molar-refractivity contribution in [1.29, 1.82) is 0 Å². The summed E-state index contributed by atoms with van der Waals surface area (Å²) in [5, 5.41) is 0. The van der Waals surface area contributed by atoms with Gasteiger partial charge in [-0.3, -0.25) is 0 Å². The summed E-state index contributed by atoms with van der Waals surface area (Å²) in [7, 11) is 1.67. The van der Waals surface area contributed by atoms with E-state index >= 15 is 0 Å². The molecule has 1 unspecified atom stereocenters. The van der Waals surface area contributed by atoms with Crippen LogP contribution in [0.2, 0.25) is 0 Å². The highest BCUT2D eigenvalue weighted by Crippen LogP contribution is 2.27. The van der Waals surface area contributed by atoms with Crippen LogP contribution in [0.3, 0.4) is 0 Å². The van der Waals surface area contributed by atoms with Crippen molar-refractivity contribution < 1.29 is 19.0 Å². The third-order valence-electron chi connectivity index (χ3n) is 5.99. The van der Waals surface area contributed by atoms with E-state index in [4.69, 9.17) is 14.2 Å². The van der Waals surface area contributed by atoms with E-state index in [0.29, 0.717) is 11.3 Å². The predicted octanol–water partition coefficient (Wildman–Crippen LogP) is 8.02. The van der Waals surface area contributed by atoms with Gasteiger partial charge in [0.1, 0.15) is 11.5 Å². The molecule has 0 spiro atoms. The van der Waals surface area contributed by atoms with Gasteiger partial charge in [0, 0.05) is 7.11 Å². The molecule has 4 heteroatoms. The Morgan fingerprint density at radius 1 is 0.794 bits per heavy atom. The molecular formula is C30H36O4. The molecule has 3 aromatic carbocycles. The zero-order valence-corrected chi connectivity index (χ0v) is 20.6. The van der Waals surface area contributed by atoms with Crippen molar-refractivity contribution in [2.75, 3.05) is 13.7 Å². The van der Waals surface area contributed by atoms with Gasteiger partial charge in [-0.2, -0.15) is 0 Å². The Balaban J connectivity index is 1.60. The lowest BCUT2D eigenvalue weighted by Gasteiger charge is -2.12. The minimum atomic E-state index is -0.383. The van der Waals surface area contributed by atoms with Gasteiger partial charge in [0.05, 0.1) is 18.3 Å². The second kappa shape index (κ2) is 13.6. The van der Waals surface area contributed by atoms with Crippen molar-refractivity contribution in [2.24, 2.45) is 0 Å². The molecule has 1 atom stereocenters. The van der Waals surface area contributed by atoms with E-state index in [0.717, 1.165) is 35.5 Å². The Labute approximate surface area is 203 Å². The van der Waals surface area contributed by atoms with E-state index in [1.807, 2.05) is 61.5 Å². The van der Waals surface area contributed by atoms with Crippen LogP contribution in [-0.2, 0) is 4.74 Å². The van der Waals surface area contributed by atoms with Gasteiger partial charge in [-0.15, -0.1) is 0 Å². The summed E-state index contributed by atoms with van der Waals surface area (Å²) in [6.07, 6.45) is 7.45. The summed E-state index contributed by atoms with van der Waals surface area (Å²) in [6.45, 7) is 4.94. The fraction of sp³-hybridized carbons (Fsp3) is 0.367. The summed E-state index contributed by atoms with van der Waals surface area (Å²) in [5.41, 5.74) is 3.34. The summed E-state index contributed by atoms with van der Waals surface area (Å²) < 4.78 is 16.9. The molecule has 0 heterocycles. The van der Waals surface area contributed by atoms with Gasteiger partial charge in [-0.1, -0.05) is 81.5 Å². The zero-order valence-electron chi connectivity index (χ0n) is 20.6. The Hall–Kier alpha value is -3.11. The largest absolute Gasteiger partial charge is 0.494 e. The highest BCUT2D eigenvalue weighted by Gasteiger charge is 2.15. The Bertz CT molecular complexity index is 1010. The van der Waals surface area contributed by atoms with Crippen LogP contribution in [0.25, 0.3) is 11.1 Å². The Kier molecular flexibility index (Phi) is 10.2. The van der Waals surface area contributed by atoms with Crippen LogP contribution in [0.5, 0.6) is 11.5 Å². The molecule has 0 amide bonds. The van der Waals surface area contributed by atoms with Crippen molar-refractivity contribution in [1.82, 2.24) is 0 Å². The number of carbonyl (C=O) groups is 1. The molecular weight excluding hydrogens is 424 g/mol. The second-order valence-corrected chi connectivity index (χ2v) is 8.52. The Morgan fingerprint density at radius 3 is 2.15 bits per heavy atom. The number of benzene rings is 3. The number of ether oxygens (including phenoxy) is 3. The minimum Gasteiger partial charge on any atom is -0.494 e. The average molecular weight is 461 g/mol. The molecule has 3 rings (SSSR count). The van der Waals surface area contributed by atoms with E-state index < -0.39 is 0 Å². The van der Waals surface area contributed by atoms with Gasteiger partial charge in [0.15, 0.2) is 0 Å². The number of methoxy groups -OCH3 is 1. The predicted molar refractivity (Wildman–Crippen MR) is 138 cm³/mol. The zero-order chi connectivity index (χ0) is 24.2. The number of rotatable bonds is 13. The molecule has 0 fully saturated rings. The molecule has 0 aliphatic heterocycles. The molecule has 0 radical (unpaired) electrons. The number of hydrogen-bond acceptors (Lipinski definition) is 4. The third kappa shape index (κ3) is 7.46. The SMILES string of the molecule is CCCCCCCCOc1ccc(-c2ccccc2C(=O)Oc2ccc(C(C)OC)cc2)cc1. The third-order valence-corrected chi connectivity index (χ3v) is 5.99. The van der Waals surface area contributed by atoms with Gasteiger partial charge < -0.3 is 14.2 Å². The molecule has 4 nitrogen and oxygen atoms in total. The lowest BCUT2D eigenvalue weighted by Crippen LogP contribution is -2.10. The van der Waals surface area contributed by atoms with Crippen molar-refractivity contribution in [3.63, 3.8) is 0 Å². The first-order chi connectivity index (χ1) is 16.6. The van der Waals surface area contributed by atoms with E-state index in [9.17, 15) is 4.79 Å². The highest BCUT2D eigenvalue weighted by molar-refractivity contribution is 5.98. The van der Waals surface area contributed by atoms with Crippen LogP contribution < -0.4 is 9.47 Å². The molecule has 0 bridgehead atoms. The van der Waals surface area contributed by atoms with Crippen molar-refractivity contribution in [3.05, 3.63) is 83.9 Å². The van der Waals surface area contributed by atoms with Crippen LogP contribution in [0, 0.1) is 0 Å². The fourth-order valence-electron chi connectivity index (χ4n) is 3.82. The molecule has 0 aliphatic rings. The first-order valence-corrected chi connectivity index (χ1v) is 12.3. The second-order valence-electron chi connectivity index (χ2n) is 8.52. The lowest BCUT2D eigenvalue weighted by atomic mass is 9.99. The maximum absolute atomic E-state index is 12.9. The van der Waals surface area contributed by atoms with Gasteiger partial charge in [0.25, 0.3) is 0 Å². The smallest absolute Gasteiger partial charge is 0.344 e. The van der Waals surface area contributed by atoms with E-state index in [-0.39, 0.29) is 12.1 Å². The van der Waals surface area contributed by atoms with Gasteiger partial charge >= 0.3 is 5.97 Å². The van der Waals surface area contributed by atoms with Crippen LogP contribution in [-0.4, -0.2) is 19.7 Å². The maximum Gasteiger partial charge on any atom is 0.344 e. The van der Waals surface area contributed by atoms with Crippen molar-refractivity contribution in [2.45, 2.75) is 58.5 Å². The highest BCUT2D eigenvalue weighted by atomic mass is 16.5. The van der Waals surface area contributed by atoms with E-state index in [1.54, 1.807) is 25.3 Å². The summed E-state index contributed by atoms with van der Waals surface area (Å²) in [4.78, 5) is 12.9. The van der Waals surface area contributed by atoms with Crippen LogP contribution >= 0.6 is 0 Å². The molecule has 0 saturated heterocycles. The van der Waals surface area contributed by atoms with Crippen molar-refractivity contribution in [3.8, 4) is 22.6 Å². The number of carbonyl (C=O) groups excluding carboxylic acids is 1. The van der Waals surface area contributed by atoms with Crippen LogP contribution in [0.1, 0.15) is 74.4 Å². The molecule has 3 aromatic rings. The van der Waals surface area contributed by atoms with Gasteiger partial charge in [-0.05, 0) is 60.4 Å². The van der Waals surface area contributed by atoms with Crippen LogP contribution in [0.4, 0.5) is 0 Å². The monoisotopic (exact) mass is 460 g/mol. The summed E-state index contributed by atoms with van der Waals surface area (Å²) >= 11 is 0. The number of esters is 1. The molecule has 34 heavy (non-hydrogen) atoms. The summed E-state index contributed by atoms with van der Waals surface area (Å²) in [6, 6.07) is 22.8.